The molecule has 0 aliphatic carbocycles. The lowest BCUT2D eigenvalue weighted by molar-refractivity contribution is 0.418. The Labute approximate surface area is 113 Å². The molecule has 2 N–H and O–H groups in total. The van der Waals surface area contributed by atoms with E-state index in [9.17, 15) is 4.57 Å². The lowest BCUT2D eigenvalue weighted by Crippen LogP contribution is -2.02. The number of nitrogens with two attached hydrogens (primary N) is 1. The number of para-hydroxylation sites is 1. The van der Waals surface area contributed by atoms with E-state index in [1.807, 2.05) is 42.5 Å². The van der Waals surface area contributed by atoms with E-state index in [1.165, 1.54) is 0 Å². The van der Waals surface area contributed by atoms with Crippen molar-refractivity contribution in [2.45, 2.75) is 0 Å². The van der Waals surface area contributed by atoms with Crippen molar-refractivity contribution in [3.05, 3.63) is 42.5 Å². The van der Waals surface area contributed by atoms with Crippen LogP contribution in [-0.2, 0) is 4.57 Å². The zero-order chi connectivity index (χ0) is 14.0. The summed E-state index contributed by atoms with van der Waals surface area (Å²) in [6.45, 7) is 3.53. The third-order valence-electron chi connectivity index (χ3n) is 3.05. The molecule has 2 aromatic rings. The number of anilines is 1. The van der Waals surface area contributed by atoms with E-state index < -0.39 is 7.14 Å². The minimum absolute atomic E-state index is 0.612. The number of hydrogen-bond donors (Lipinski definition) is 1. The van der Waals surface area contributed by atoms with Crippen molar-refractivity contribution in [3.8, 4) is 16.9 Å². The van der Waals surface area contributed by atoms with Gasteiger partial charge in [-0.25, -0.2) is 0 Å². The van der Waals surface area contributed by atoms with Crippen LogP contribution in [0.5, 0.6) is 5.75 Å². The van der Waals surface area contributed by atoms with Crippen molar-refractivity contribution in [1.82, 2.24) is 0 Å². The summed E-state index contributed by atoms with van der Waals surface area (Å²) in [6, 6.07) is 13.4. The van der Waals surface area contributed by atoms with E-state index in [4.69, 9.17) is 10.5 Å². The van der Waals surface area contributed by atoms with Crippen molar-refractivity contribution in [3.63, 3.8) is 0 Å². The van der Waals surface area contributed by atoms with E-state index in [0.29, 0.717) is 11.4 Å². The minimum atomic E-state index is -2.21. The van der Waals surface area contributed by atoms with Gasteiger partial charge in [-0.3, -0.25) is 0 Å². The van der Waals surface area contributed by atoms with Crippen molar-refractivity contribution in [2.75, 3.05) is 26.2 Å². The zero-order valence-electron chi connectivity index (χ0n) is 11.4. The summed E-state index contributed by atoms with van der Waals surface area (Å²) in [5.41, 5.74) is 8.45. The predicted octanol–water partition coefficient (Wildman–Crippen LogP) is 3.19. The van der Waals surface area contributed by atoms with Crippen LogP contribution in [0.25, 0.3) is 11.1 Å². The lowest BCUT2D eigenvalue weighted by Gasteiger charge is -2.12. The van der Waals surface area contributed by atoms with Crippen LogP contribution in [-0.4, -0.2) is 20.4 Å². The molecule has 19 heavy (non-hydrogen) atoms. The number of rotatable bonds is 3. The lowest BCUT2D eigenvalue weighted by atomic mass is 10.0. The van der Waals surface area contributed by atoms with Gasteiger partial charge in [0.1, 0.15) is 12.9 Å². The van der Waals surface area contributed by atoms with Gasteiger partial charge in [0.25, 0.3) is 0 Å². The quantitative estimate of drug-likeness (QED) is 0.691. The van der Waals surface area contributed by atoms with Crippen LogP contribution in [0.15, 0.2) is 42.5 Å². The van der Waals surface area contributed by atoms with Crippen LogP contribution in [0, 0.1) is 0 Å². The van der Waals surface area contributed by atoms with Crippen molar-refractivity contribution in [2.24, 2.45) is 0 Å². The third kappa shape index (κ3) is 2.82. The fourth-order valence-corrected chi connectivity index (χ4v) is 2.88. The molecule has 100 valence electrons. The maximum Gasteiger partial charge on any atom is 0.149 e. The van der Waals surface area contributed by atoms with Gasteiger partial charge in [0.2, 0.25) is 0 Å². The van der Waals surface area contributed by atoms with Gasteiger partial charge < -0.3 is 15.0 Å². The summed E-state index contributed by atoms with van der Waals surface area (Å²) in [5.74, 6) is 0.673. The molecule has 0 unspecified atom stereocenters. The molecule has 0 radical (unpaired) electrons. The van der Waals surface area contributed by atoms with Crippen LogP contribution in [0.1, 0.15) is 0 Å². The molecule has 0 atom stereocenters. The van der Waals surface area contributed by atoms with Gasteiger partial charge in [-0.1, -0.05) is 36.4 Å². The Balaban J connectivity index is 2.49. The molecule has 0 aromatic heterocycles. The molecule has 3 nitrogen and oxygen atoms in total. The summed E-state index contributed by atoms with van der Waals surface area (Å²) in [7, 11) is -0.607. The second-order valence-corrected chi connectivity index (χ2v) is 8.04. The average molecular weight is 275 g/mol. The summed E-state index contributed by atoms with van der Waals surface area (Å²) >= 11 is 0. The highest BCUT2D eigenvalue weighted by atomic mass is 31.2. The first-order valence-electron chi connectivity index (χ1n) is 6.02. The molecule has 0 saturated carbocycles. The van der Waals surface area contributed by atoms with E-state index >= 15 is 0 Å². The molecule has 0 aliphatic heterocycles. The zero-order valence-corrected chi connectivity index (χ0v) is 12.3. The fraction of sp³-hybridized carbons (Fsp3) is 0.200. The highest BCUT2D eigenvalue weighted by Crippen LogP contribution is 2.37. The van der Waals surface area contributed by atoms with Gasteiger partial charge in [0.15, 0.2) is 0 Å². The monoisotopic (exact) mass is 275 g/mol. The molecular weight excluding hydrogens is 257 g/mol. The Morgan fingerprint density at radius 1 is 1.05 bits per heavy atom. The van der Waals surface area contributed by atoms with Crippen molar-refractivity contribution < 1.29 is 9.30 Å². The number of benzene rings is 2. The molecule has 0 amide bonds. The first-order valence-corrected chi connectivity index (χ1v) is 8.62. The molecule has 2 aromatic carbocycles. The van der Waals surface area contributed by atoms with Gasteiger partial charge in [0.05, 0.1) is 12.8 Å². The highest BCUT2D eigenvalue weighted by molar-refractivity contribution is 7.70. The Kier molecular flexibility index (Phi) is 3.68. The molecule has 0 spiro atoms. The van der Waals surface area contributed by atoms with Gasteiger partial charge in [-0.2, -0.15) is 0 Å². The Bertz CT molecular complexity index is 629. The van der Waals surface area contributed by atoms with Gasteiger partial charge in [-0.05, 0) is 25.0 Å². The molecule has 0 saturated heterocycles. The number of nitrogen functional groups attached to an aromatic ring is 1. The topological polar surface area (TPSA) is 52.3 Å². The molecular formula is C15H18NO2P. The van der Waals surface area contributed by atoms with Crippen molar-refractivity contribution >= 4 is 18.1 Å². The van der Waals surface area contributed by atoms with E-state index in [0.717, 1.165) is 16.4 Å². The van der Waals surface area contributed by atoms with Crippen LogP contribution < -0.4 is 15.8 Å². The molecule has 0 fully saturated rings. The normalized spacial score (nSPS) is 11.3. The predicted molar refractivity (Wildman–Crippen MR) is 81.9 cm³/mol. The van der Waals surface area contributed by atoms with Gasteiger partial charge in [0, 0.05) is 10.9 Å². The van der Waals surface area contributed by atoms with E-state index in [-0.39, 0.29) is 0 Å². The summed E-state index contributed by atoms with van der Waals surface area (Å²) < 4.78 is 17.3. The molecule has 0 heterocycles. The maximum absolute atomic E-state index is 12.0. The standard InChI is InChI=1S/C15H18NO2P/c1-18-15-13(5-4-6-14(15)16)11-7-9-12(10-8-11)19(2,3)17/h4-10H,16H2,1-3H3. The SMILES string of the molecule is COc1c(N)cccc1-c1ccc(P(C)(C)=O)cc1. The Morgan fingerprint density at radius 2 is 1.68 bits per heavy atom. The Morgan fingerprint density at radius 3 is 2.21 bits per heavy atom. The van der Waals surface area contributed by atoms with Crippen LogP contribution >= 0.6 is 7.14 Å². The first kappa shape index (κ1) is 13.7. The van der Waals surface area contributed by atoms with E-state index in [2.05, 4.69) is 0 Å². The first-order chi connectivity index (χ1) is 8.93. The fourth-order valence-electron chi connectivity index (χ4n) is 2.01. The van der Waals surface area contributed by atoms with Crippen LogP contribution in [0.2, 0.25) is 0 Å². The molecule has 4 heteroatoms. The minimum Gasteiger partial charge on any atom is -0.494 e. The highest BCUT2D eigenvalue weighted by Gasteiger charge is 2.12. The summed E-state index contributed by atoms with van der Waals surface area (Å²) in [6.07, 6.45) is 0. The largest absolute Gasteiger partial charge is 0.494 e. The molecule has 2 rings (SSSR count). The molecule has 0 bridgehead atoms. The van der Waals surface area contributed by atoms with E-state index in [1.54, 1.807) is 20.4 Å². The third-order valence-corrected chi connectivity index (χ3v) is 4.59. The van der Waals surface area contributed by atoms with Crippen LogP contribution in [0.4, 0.5) is 5.69 Å². The Hall–Kier alpha value is -1.73. The second-order valence-electron chi connectivity index (χ2n) is 4.83. The summed E-state index contributed by atoms with van der Waals surface area (Å²) in [5, 5.41) is 0.874. The molecule has 0 aliphatic rings. The number of ether oxygens (including phenoxy) is 1. The summed E-state index contributed by atoms with van der Waals surface area (Å²) in [4.78, 5) is 0. The average Bonchev–Trinajstić information content (AvgIpc) is 2.37. The van der Waals surface area contributed by atoms with Crippen LogP contribution in [0.3, 0.4) is 0 Å². The van der Waals surface area contributed by atoms with Crippen molar-refractivity contribution in [1.29, 1.82) is 0 Å². The second kappa shape index (κ2) is 5.10. The maximum atomic E-state index is 12.0. The number of methoxy groups -OCH3 is 1. The number of hydrogen-bond acceptors (Lipinski definition) is 3. The smallest absolute Gasteiger partial charge is 0.149 e. The van der Waals surface area contributed by atoms with Gasteiger partial charge in [-0.15, -0.1) is 0 Å². The van der Waals surface area contributed by atoms with Gasteiger partial charge >= 0.3 is 0 Å².